The van der Waals surface area contributed by atoms with Gasteiger partial charge in [-0.2, -0.15) is 0 Å². The van der Waals surface area contributed by atoms with E-state index < -0.39 is 0 Å². The van der Waals surface area contributed by atoms with Crippen molar-refractivity contribution in [2.45, 2.75) is 46.1 Å². The first kappa shape index (κ1) is 14.0. The number of hydrogen-bond donors (Lipinski definition) is 1. The summed E-state index contributed by atoms with van der Waals surface area (Å²) in [4.78, 5) is 0. The molecular weight excluding hydrogens is 210 g/mol. The lowest BCUT2D eigenvalue weighted by molar-refractivity contribution is 0.339. The number of nitrogens with one attached hydrogen (secondary N) is 1. The summed E-state index contributed by atoms with van der Waals surface area (Å²) in [7, 11) is 0. The van der Waals surface area contributed by atoms with Crippen molar-refractivity contribution in [2.24, 2.45) is 0 Å². The van der Waals surface area contributed by atoms with Gasteiger partial charge in [-0.05, 0) is 50.4 Å². The number of rotatable bonds is 7. The van der Waals surface area contributed by atoms with Crippen LogP contribution in [0.5, 0.6) is 5.75 Å². The second-order valence-electron chi connectivity index (χ2n) is 4.60. The predicted molar refractivity (Wildman–Crippen MR) is 73.8 cm³/mol. The molecule has 17 heavy (non-hydrogen) atoms. The molecule has 2 unspecified atom stereocenters. The molecule has 96 valence electrons. The van der Waals surface area contributed by atoms with E-state index in [1.165, 1.54) is 5.56 Å². The van der Waals surface area contributed by atoms with E-state index in [0.717, 1.165) is 25.3 Å². The molecule has 0 fully saturated rings. The van der Waals surface area contributed by atoms with Gasteiger partial charge in [-0.15, -0.1) is 0 Å². The second kappa shape index (κ2) is 7.33. The van der Waals surface area contributed by atoms with Gasteiger partial charge in [0.2, 0.25) is 0 Å². The number of benzene rings is 1. The topological polar surface area (TPSA) is 21.3 Å². The Kier molecular flexibility index (Phi) is 6.06. The van der Waals surface area contributed by atoms with E-state index in [1.54, 1.807) is 0 Å². The summed E-state index contributed by atoms with van der Waals surface area (Å²) < 4.78 is 5.53. The third-order valence-corrected chi connectivity index (χ3v) is 3.00. The molecule has 0 aliphatic carbocycles. The van der Waals surface area contributed by atoms with E-state index in [9.17, 15) is 0 Å². The van der Waals surface area contributed by atoms with Crippen molar-refractivity contribution in [3.63, 3.8) is 0 Å². The molecule has 1 aromatic carbocycles. The van der Waals surface area contributed by atoms with Crippen molar-refractivity contribution in [1.82, 2.24) is 5.32 Å². The molecule has 2 heteroatoms. The summed E-state index contributed by atoms with van der Waals surface area (Å²) in [5.41, 5.74) is 1.36. The van der Waals surface area contributed by atoms with Gasteiger partial charge in [0, 0.05) is 6.04 Å². The standard InChI is InChI=1S/C15H25NO/c1-5-16-13(4)10-12(3)14-8-7-9-15(11-14)17-6-2/h7-9,11-13,16H,5-6,10H2,1-4H3. The zero-order chi connectivity index (χ0) is 12.7. The zero-order valence-corrected chi connectivity index (χ0v) is 11.5. The Morgan fingerprint density at radius 1 is 1.24 bits per heavy atom. The highest BCUT2D eigenvalue weighted by atomic mass is 16.5. The van der Waals surface area contributed by atoms with E-state index >= 15 is 0 Å². The summed E-state index contributed by atoms with van der Waals surface area (Å²) in [6.07, 6.45) is 1.16. The minimum absolute atomic E-state index is 0.560. The molecule has 2 nitrogen and oxygen atoms in total. The molecular formula is C15H25NO. The summed E-state index contributed by atoms with van der Waals surface area (Å²) in [6, 6.07) is 9.01. The summed E-state index contributed by atoms with van der Waals surface area (Å²) in [5.74, 6) is 1.54. The number of ether oxygens (including phenoxy) is 1. The molecule has 0 heterocycles. The van der Waals surface area contributed by atoms with Crippen molar-refractivity contribution in [3.05, 3.63) is 29.8 Å². The predicted octanol–water partition coefficient (Wildman–Crippen LogP) is 3.58. The SMILES string of the molecule is CCNC(C)CC(C)c1cccc(OCC)c1. The van der Waals surface area contributed by atoms with Gasteiger partial charge in [-0.3, -0.25) is 0 Å². The third-order valence-electron chi connectivity index (χ3n) is 3.00. The van der Waals surface area contributed by atoms with E-state index in [2.05, 4.69) is 44.3 Å². The molecule has 0 amide bonds. The maximum atomic E-state index is 5.53. The highest BCUT2D eigenvalue weighted by Gasteiger charge is 2.10. The second-order valence-corrected chi connectivity index (χ2v) is 4.60. The Morgan fingerprint density at radius 2 is 2.00 bits per heavy atom. The van der Waals surface area contributed by atoms with Gasteiger partial charge < -0.3 is 10.1 Å². The van der Waals surface area contributed by atoms with Crippen LogP contribution in [0.1, 0.15) is 45.6 Å². The van der Waals surface area contributed by atoms with Gasteiger partial charge in [0.1, 0.15) is 5.75 Å². The Bertz CT molecular complexity index is 324. The average Bonchev–Trinajstić information content (AvgIpc) is 2.30. The fourth-order valence-electron chi connectivity index (χ4n) is 2.18. The lowest BCUT2D eigenvalue weighted by Crippen LogP contribution is -2.26. The molecule has 0 bridgehead atoms. The zero-order valence-electron chi connectivity index (χ0n) is 11.5. The van der Waals surface area contributed by atoms with Crippen molar-refractivity contribution in [3.8, 4) is 5.75 Å². The first-order valence-corrected chi connectivity index (χ1v) is 6.63. The molecule has 1 aromatic rings. The first-order valence-electron chi connectivity index (χ1n) is 6.63. The van der Waals surface area contributed by atoms with Crippen LogP contribution >= 0.6 is 0 Å². The maximum Gasteiger partial charge on any atom is 0.119 e. The van der Waals surface area contributed by atoms with Crippen molar-refractivity contribution in [1.29, 1.82) is 0 Å². The number of hydrogen-bond acceptors (Lipinski definition) is 2. The van der Waals surface area contributed by atoms with Crippen LogP contribution in [0.3, 0.4) is 0 Å². The Hall–Kier alpha value is -1.02. The van der Waals surface area contributed by atoms with Gasteiger partial charge in [0.25, 0.3) is 0 Å². The fraction of sp³-hybridized carbons (Fsp3) is 0.600. The minimum atomic E-state index is 0.560. The summed E-state index contributed by atoms with van der Waals surface area (Å²) >= 11 is 0. The van der Waals surface area contributed by atoms with Crippen LogP contribution in [0.2, 0.25) is 0 Å². The molecule has 0 aromatic heterocycles. The van der Waals surface area contributed by atoms with Crippen LogP contribution in [-0.4, -0.2) is 19.2 Å². The fourth-order valence-corrected chi connectivity index (χ4v) is 2.18. The minimum Gasteiger partial charge on any atom is -0.494 e. The normalized spacial score (nSPS) is 14.4. The molecule has 0 aliphatic heterocycles. The van der Waals surface area contributed by atoms with Gasteiger partial charge in [-0.1, -0.05) is 26.0 Å². The van der Waals surface area contributed by atoms with Crippen LogP contribution in [-0.2, 0) is 0 Å². The molecule has 0 radical (unpaired) electrons. The molecule has 0 saturated heterocycles. The van der Waals surface area contributed by atoms with Gasteiger partial charge >= 0.3 is 0 Å². The monoisotopic (exact) mass is 235 g/mol. The Balaban J connectivity index is 2.61. The summed E-state index contributed by atoms with van der Waals surface area (Å²) in [6.45, 7) is 10.4. The first-order chi connectivity index (χ1) is 8.17. The van der Waals surface area contributed by atoms with Crippen LogP contribution in [0.4, 0.5) is 0 Å². The smallest absolute Gasteiger partial charge is 0.119 e. The Morgan fingerprint density at radius 3 is 2.65 bits per heavy atom. The molecule has 0 saturated carbocycles. The highest BCUT2D eigenvalue weighted by Crippen LogP contribution is 2.24. The summed E-state index contributed by atoms with van der Waals surface area (Å²) in [5, 5.41) is 3.45. The lowest BCUT2D eigenvalue weighted by atomic mass is 9.94. The van der Waals surface area contributed by atoms with Gasteiger partial charge in [0.05, 0.1) is 6.61 Å². The molecule has 1 N–H and O–H groups in total. The van der Waals surface area contributed by atoms with E-state index in [4.69, 9.17) is 4.74 Å². The van der Waals surface area contributed by atoms with Gasteiger partial charge in [0.15, 0.2) is 0 Å². The third kappa shape index (κ3) is 4.78. The Labute approximate surface area is 105 Å². The maximum absolute atomic E-state index is 5.53. The molecule has 1 rings (SSSR count). The largest absolute Gasteiger partial charge is 0.494 e. The van der Waals surface area contributed by atoms with Crippen molar-refractivity contribution in [2.75, 3.05) is 13.2 Å². The van der Waals surface area contributed by atoms with Crippen molar-refractivity contribution < 1.29 is 4.74 Å². The quantitative estimate of drug-likeness (QED) is 0.780. The van der Waals surface area contributed by atoms with Gasteiger partial charge in [-0.25, -0.2) is 0 Å². The van der Waals surface area contributed by atoms with E-state index in [1.807, 2.05) is 13.0 Å². The van der Waals surface area contributed by atoms with Crippen LogP contribution < -0.4 is 10.1 Å². The van der Waals surface area contributed by atoms with E-state index in [0.29, 0.717) is 12.0 Å². The lowest BCUT2D eigenvalue weighted by Gasteiger charge is -2.18. The van der Waals surface area contributed by atoms with Crippen LogP contribution in [0.15, 0.2) is 24.3 Å². The average molecular weight is 235 g/mol. The molecule has 0 spiro atoms. The molecule has 0 aliphatic rings. The van der Waals surface area contributed by atoms with Crippen LogP contribution in [0.25, 0.3) is 0 Å². The molecule has 2 atom stereocenters. The van der Waals surface area contributed by atoms with Crippen LogP contribution in [0, 0.1) is 0 Å². The van der Waals surface area contributed by atoms with Crippen molar-refractivity contribution >= 4 is 0 Å². The highest BCUT2D eigenvalue weighted by molar-refractivity contribution is 5.30. The van der Waals surface area contributed by atoms with E-state index in [-0.39, 0.29) is 0 Å².